The Morgan fingerprint density at radius 1 is 1.09 bits per heavy atom. The summed E-state index contributed by atoms with van der Waals surface area (Å²) in [5.74, 6) is 0.497. The molecule has 7 nitrogen and oxygen atoms in total. The van der Waals surface area contributed by atoms with Crippen molar-refractivity contribution in [1.82, 2.24) is 14.5 Å². The highest BCUT2D eigenvalue weighted by atomic mass is 16.3. The van der Waals surface area contributed by atoms with Gasteiger partial charge in [-0.1, -0.05) is 42.5 Å². The number of aryl methyl sites for hydroxylation is 1. The summed E-state index contributed by atoms with van der Waals surface area (Å²) in [6.07, 6.45) is 5.52. The number of anilines is 1. The van der Waals surface area contributed by atoms with Gasteiger partial charge in [-0.25, -0.2) is 4.98 Å². The lowest BCUT2D eigenvalue weighted by Crippen LogP contribution is -2.39. The maximum atomic E-state index is 13.1. The highest BCUT2D eigenvalue weighted by molar-refractivity contribution is 5.97. The van der Waals surface area contributed by atoms with Crippen LogP contribution in [-0.4, -0.2) is 39.4 Å². The zero-order valence-electron chi connectivity index (χ0n) is 19.0. The minimum absolute atomic E-state index is 0.0720. The van der Waals surface area contributed by atoms with Crippen LogP contribution in [0.3, 0.4) is 0 Å². The van der Waals surface area contributed by atoms with Crippen LogP contribution >= 0.6 is 0 Å². The number of rotatable bonds is 8. The lowest BCUT2D eigenvalue weighted by molar-refractivity contribution is -0.117. The van der Waals surface area contributed by atoms with Crippen LogP contribution in [0.15, 0.2) is 83.6 Å². The minimum atomic E-state index is -0.306. The van der Waals surface area contributed by atoms with Gasteiger partial charge in [-0.2, -0.15) is 0 Å². The zero-order chi connectivity index (χ0) is 23.5. The number of carbonyl (C=O) groups excluding carboxylic acids is 2. The Labute approximate surface area is 198 Å². The number of nitrogens with zero attached hydrogens (tertiary/aromatic N) is 3. The summed E-state index contributed by atoms with van der Waals surface area (Å²) in [7, 11) is 0. The molecule has 1 fully saturated rings. The van der Waals surface area contributed by atoms with E-state index in [1.54, 1.807) is 17.0 Å². The van der Waals surface area contributed by atoms with Gasteiger partial charge in [0.05, 0.1) is 12.0 Å². The van der Waals surface area contributed by atoms with Crippen molar-refractivity contribution in [2.75, 3.05) is 18.4 Å². The summed E-state index contributed by atoms with van der Waals surface area (Å²) in [5, 5.41) is 2.93. The summed E-state index contributed by atoms with van der Waals surface area (Å²) in [5.41, 5.74) is 3.70. The maximum absolute atomic E-state index is 13.1. The number of benzene rings is 2. The second-order valence-electron chi connectivity index (χ2n) is 8.68. The summed E-state index contributed by atoms with van der Waals surface area (Å²) in [6.45, 7) is 2.48. The number of amides is 2. The van der Waals surface area contributed by atoms with Gasteiger partial charge >= 0.3 is 0 Å². The number of furan rings is 1. The van der Waals surface area contributed by atoms with Gasteiger partial charge in [0.1, 0.15) is 6.54 Å². The Balaban J connectivity index is 1.41. The fraction of sp³-hybridized carbons (Fsp3) is 0.222. The molecule has 2 aromatic carbocycles. The first-order chi connectivity index (χ1) is 16.6. The molecule has 1 aliphatic carbocycles. The van der Waals surface area contributed by atoms with Crippen molar-refractivity contribution in [2.24, 2.45) is 5.92 Å². The molecule has 0 atom stereocenters. The number of hydrogen-bond donors (Lipinski definition) is 1. The van der Waals surface area contributed by atoms with Crippen molar-refractivity contribution >= 4 is 17.8 Å². The van der Waals surface area contributed by atoms with Crippen LogP contribution < -0.4 is 5.32 Å². The van der Waals surface area contributed by atoms with Crippen molar-refractivity contribution in [3.8, 4) is 16.9 Å². The predicted octanol–water partition coefficient (Wildman–Crippen LogP) is 4.93. The third-order valence-electron chi connectivity index (χ3n) is 5.84. The van der Waals surface area contributed by atoms with Crippen molar-refractivity contribution < 1.29 is 14.0 Å². The van der Waals surface area contributed by atoms with E-state index in [1.165, 1.54) is 6.26 Å². The quantitative estimate of drug-likeness (QED) is 0.409. The van der Waals surface area contributed by atoms with Crippen LogP contribution in [0.5, 0.6) is 0 Å². The Morgan fingerprint density at radius 3 is 2.62 bits per heavy atom. The molecule has 0 saturated heterocycles. The smallest absolute Gasteiger partial charge is 0.290 e. The molecule has 2 amide bonds. The van der Waals surface area contributed by atoms with Gasteiger partial charge in [0, 0.05) is 24.0 Å². The standard InChI is InChI=1S/C27H26N4O3/c1-19-7-5-10-22(15-19)31-17-23(21-8-3-2-4-9-21)28-27(31)29-25(32)18-30(16-20-12-13-20)26(33)24-11-6-14-34-24/h2-11,14-15,17,20H,12-13,16,18H2,1H3,(H,28,29,32). The summed E-state index contributed by atoms with van der Waals surface area (Å²) in [4.78, 5) is 32.3. The van der Waals surface area contributed by atoms with E-state index in [9.17, 15) is 9.59 Å². The lowest BCUT2D eigenvalue weighted by Gasteiger charge is -2.21. The molecule has 34 heavy (non-hydrogen) atoms. The van der Waals surface area contributed by atoms with Crippen LogP contribution in [0.2, 0.25) is 0 Å². The number of hydrogen-bond acceptors (Lipinski definition) is 4. The van der Waals surface area contributed by atoms with Gasteiger partial charge in [-0.05, 0) is 55.5 Å². The second-order valence-corrected chi connectivity index (χ2v) is 8.68. The molecule has 172 valence electrons. The number of nitrogens with one attached hydrogen (secondary N) is 1. The van der Waals surface area contributed by atoms with Crippen LogP contribution in [0.1, 0.15) is 29.0 Å². The molecule has 5 rings (SSSR count). The average Bonchev–Trinajstić information content (AvgIpc) is 3.31. The third kappa shape index (κ3) is 4.93. The molecular weight excluding hydrogens is 428 g/mol. The minimum Gasteiger partial charge on any atom is -0.459 e. The molecule has 4 aromatic rings. The van der Waals surface area contributed by atoms with E-state index in [-0.39, 0.29) is 24.1 Å². The molecule has 2 aromatic heterocycles. The van der Waals surface area contributed by atoms with Crippen molar-refractivity contribution in [2.45, 2.75) is 19.8 Å². The van der Waals surface area contributed by atoms with E-state index in [0.29, 0.717) is 18.4 Å². The Bertz CT molecular complexity index is 1290. The number of aromatic nitrogens is 2. The van der Waals surface area contributed by atoms with E-state index in [2.05, 4.69) is 5.32 Å². The fourth-order valence-electron chi connectivity index (χ4n) is 3.92. The molecule has 1 N–H and O–H groups in total. The van der Waals surface area contributed by atoms with Gasteiger partial charge in [0.25, 0.3) is 5.91 Å². The Morgan fingerprint density at radius 2 is 1.91 bits per heavy atom. The largest absolute Gasteiger partial charge is 0.459 e. The van der Waals surface area contributed by atoms with Gasteiger partial charge in [-0.15, -0.1) is 0 Å². The number of carbonyl (C=O) groups is 2. The van der Waals surface area contributed by atoms with E-state index in [4.69, 9.17) is 9.40 Å². The predicted molar refractivity (Wildman–Crippen MR) is 130 cm³/mol. The second kappa shape index (κ2) is 9.39. The Hall–Kier alpha value is -4.13. The monoisotopic (exact) mass is 454 g/mol. The molecule has 0 radical (unpaired) electrons. The third-order valence-corrected chi connectivity index (χ3v) is 5.84. The van der Waals surface area contributed by atoms with E-state index in [0.717, 1.165) is 35.3 Å². The molecule has 1 saturated carbocycles. The first kappa shape index (κ1) is 21.7. The molecule has 0 unspecified atom stereocenters. The van der Waals surface area contributed by atoms with E-state index >= 15 is 0 Å². The molecule has 0 aliphatic heterocycles. The molecule has 7 heteroatoms. The summed E-state index contributed by atoms with van der Waals surface area (Å²) >= 11 is 0. The highest BCUT2D eigenvalue weighted by Crippen LogP contribution is 2.30. The summed E-state index contributed by atoms with van der Waals surface area (Å²) in [6, 6.07) is 21.1. The zero-order valence-corrected chi connectivity index (χ0v) is 19.0. The molecule has 0 spiro atoms. The van der Waals surface area contributed by atoms with Crippen molar-refractivity contribution in [3.05, 3.63) is 90.5 Å². The van der Waals surface area contributed by atoms with Crippen molar-refractivity contribution in [3.63, 3.8) is 0 Å². The van der Waals surface area contributed by atoms with Crippen LogP contribution in [0, 0.1) is 12.8 Å². The maximum Gasteiger partial charge on any atom is 0.290 e. The highest BCUT2D eigenvalue weighted by Gasteiger charge is 2.30. The van der Waals surface area contributed by atoms with Gasteiger partial charge < -0.3 is 9.32 Å². The van der Waals surface area contributed by atoms with E-state index < -0.39 is 0 Å². The van der Waals surface area contributed by atoms with Crippen LogP contribution in [0.4, 0.5) is 5.95 Å². The normalized spacial score (nSPS) is 13.0. The van der Waals surface area contributed by atoms with Crippen LogP contribution in [0.25, 0.3) is 16.9 Å². The van der Waals surface area contributed by atoms with Gasteiger partial charge in [-0.3, -0.25) is 19.5 Å². The molecular formula is C27H26N4O3. The summed E-state index contributed by atoms with van der Waals surface area (Å²) < 4.78 is 7.15. The molecule has 1 aliphatic rings. The first-order valence-electron chi connectivity index (χ1n) is 11.4. The lowest BCUT2D eigenvalue weighted by atomic mass is 10.2. The molecule has 2 heterocycles. The van der Waals surface area contributed by atoms with Gasteiger partial charge in [0.2, 0.25) is 11.9 Å². The topological polar surface area (TPSA) is 80.4 Å². The number of imidazole rings is 1. The fourth-order valence-corrected chi connectivity index (χ4v) is 3.92. The SMILES string of the molecule is Cc1cccc(-n2cc(-c3ccccc3)nc2NC(=O)CN(CC2CC2)C(=O)c2ccco2)c1. The van der Waals surface area contributed by atoms with E-state index in [1.807, 2.05) is 72.3 Å². The van der Waals surface area contributed by atoms with Gasteiger partial charge in [0.15, 0.2) is 5.76 Å². The Kier molecular flexibility index (Phi) is 5.99. The average molecular weight is 455 g/mol. The molecule has 0 bridgehead atoms. The first-order valence-corrected chi connectivity index (χ1v) is 11.4. The van der Waals surface area contributed by atoms with Crippen molar-refractivity contribution in [1.29, 1.82) is 0 Å². The van der Waals surface area contributed by atoms with Crippen LogP contribution in [-0.2, 0) is 4.79 Å².